The van der Waals surface area contributed by atoms with Crippen LogP contribution in [0.15, 0.2) is 24.4 Å². The molecule has 2 aliphatic heterocycles. The molecule has 0 spiro atoms. The number of allylic oxidation sites excluding steroid dienone is 2. The number of nitrogens with zero attached hydrogens (tertiary/aromatic N) is 2. The monoisotopic (exact) mass is 396 g/mol. The first kappa shape index (κ1) is 27.5. The van der Waals surface area contributed by atoms with Crippen molar-refractivity contribution in [3.63, 3.8) is 0 Å². The summed E-state index contributed by atoms with van der Waals surface area (Å²) in [6, 6.07) is 0. The van der Waals surface area contributed by atoms with E-state index in [0.717, 1.165) is 19.6 Å². The molecule has 25 heavy (non-hydrogen) atoms. The van der Waals surface area contributed by atoms with Crippen molar-refractivity contribution in [1.29, 1.82) is 0 Å². The van der Waals surface area contributed by atoms with E-state index in [9.17, 15) is 0 Å². The molecule has 10 nitrogen and oxygen atoms in total. The van der Waals surface area contributed by atoms with Gasteiger partial charge >= 0.3 is 41.2 Å². The number of carbonyl (C=O) groups is 4. The van der Waals surface area contributed by atoms with Crippen LogP contribution in [0, 0.1) is 0 Å². The number of carboxylic acid groups (broad SMARTS) is 4. The van der Waals surface area contributed by atoms with E-state index in [0.29, 0.717) is 0 Å². The van der Waals surface area contributed by atoms with E-state index in [2.05, 4.69) is 10.6 Å². The molecule has 0 aromatic heterocycles. The third kappa shape index (κ3) is 26.8. The normalized spacial score (nSPS) is 13.4. The summed E-state index contributed by atoms with van der Waals surface area (Å²) >= 11 is 0. The van der Waals surface area contributed by atoms with Gasteiger partial charge < -0.3 is 31.1 Å². The molecular weight excluding hydrogens is 376 g/mol. The summed E-state index contributed by atoms with van der Waals surface area (Å²) in [5, 5.41) is 37.7. The van der Waals surface area contributed by atoms with Crippen LogP contribution in [0.2, 0.25) is 0 Å². The molecule has 0 amide bonds. The van der Waals surface area contributed by atoms with Gasteiger partial charge in [0.05, 0.1) is 0 Å². The number of aliphatic carboxylic acids is 4. The number of hydrogen-bond acceptors (Lipinski definition) is 4. The topological polar surface area (TPSA) is 177 Å². The van der Waals surface area contributed by atoms with Crippen molar-refractivity contribution in [3.8, 4) is 0 Å². The molecule has 4 N–H and O–H groups in total. The molecule has 140 valence electrons. The Hall–Kier alpha value is -2.35. The first-order valence-electron chi connectivity index (χ1n) is 6.83. The van der Waals surface area contributed by atoms with Crippen LogP contribution in [0.3, 0.4) is 0 Å². The van der Waals surface area contributed by atoms with Crippen LogP contribution < -0.4 is 0 Å². The third-order valence-electron chi connectivity index (χ3n) is 2.15. The van der Waals surface area contributed by atoms with E-state index in [-0.39, 0.29) is 17.4 Å². The standard InChI is InChI=1S/C5H10N.C5H6N.2C2H2O4.Cr/c2*1-2-4-6-5-3-1;2*3-1(4)2(5)6;/h1-5H2;1-4H,5H2;2*(H,3,4)(H,5,6);/q2*-1;;;+2. The van der Waals surface area contributed by atoms with E-state index >= 15 is 0 Å². The van der Waals surface area contributed by atoms with Crippen molar-refractivity contribution < 1.29 is 57.0 Å². The van der Waals surface area contributed by atoms with Gasteiger partial charge in [-0.25, -0.2) is 19.2 Å². The molecule has 1 fully saturated rings. The molecule has 2 heterocycles. The van der Waals surface area contributed by atoms with Gasteiger partial charge in [-0.1, -0.05) is 31.4 Å². The first-order valence-corrected chi connectivity index (χ1v) is 6.83. The zero-order chi connectivity index (χ0) is 18.8. The van der Waals surface area contributed by atoms with Crippen LogP contribution in [0.4, 0.5) is 0 Å². The summed E-state index contributed by atoms with van der Waals surface area (Å²) in [7, 11) is 0. The second-order valence-corrected chi connectivity index (χ2v) is 4.09. The molecular formula is C14H20CrN2O8. The fourth-order valence-corrected chi connectivity index (χ4v) is 1.11. The summed E-state index contributed by atoms with van der Waals surface area (Å²) < 4.78 is 0. The predicted molar refractivity (Wildman–Crippen MR) is 84.0 cm³/mol. The molecule has 0 radical (unpaired) electrons. The second-order valence-electron chi connectivity index (χ2n) is 4.09. The van der Waals surface area contributed by atoms with Crippen molar-refractivity contribution in [3.05, 3.63) is 35.1 Å². The second kappa shape index (κ2) is 19.7. The minimum atomic E-state index is -1.82. The SMILES string of the molecule is C1=CC[N-]C=C1.C1CC[N-]CC1.O=C(O)C(=O)O.O=C(O)C(=O)O.[Cr+2]. The van der Waals surface area contributed by atoms with Crippen molar-refractivity contribution in [2.24, 2.45) is 0 Å². The Morgan fingerprint density at radius 2 is 1.16 bits per heavy atom. The van der Waals surface area contributed by atoms with E-state index in [1.54, 1.807) is 6.20 Å². The van der Waals surface area contributed by atoms with Gasteiger partial charge in [-0.2, -0.15) is 6.20 Å². The number of rotatable bonds is 0. The number of hydrogen-bond donors (Lipinski definition) is 4. The minimum Gasteiger partial charge on any atom is -0.687 e. The molecule has 0 aromatic rings. The predicted octanol–water partition coefficient (Wildman–Crippen LogP) is 1.30. The summed E-state index contributed by atoms with van der Waals surface area (Å²) in [6.45, 7) is 3.11. The van der Waals surface area contributed by atoms with Crippen molar-refractivity contribution in [2.45, 2.75) is 19.3 Å². The molecule has 1 saturated heterocycles. The summed E-state index contributed by atoms with van der Waals surface area (Å²) in [6.07, 6.45) is 11.8. The molecule has 2 rings (SSSR count). The van der Waals surface area contributed by atoms with Gasteiger partial charge in [0.2, 0.25) is 0 Å². The van der Waals surface area contributed by atoms with Gasteiger partial charge in [0, 0.05) is 0 Å². The molecule has 0 atom stereocenters. The van der Waals surface area contributed by atoms with E-state index in [4.69, 9.17) is 39.6 Å². The van der Waals surface area contributed by atoms with Crippen LogP contribution in [-0.2, 0) is 36.5 Å². The Morgan fingerprint density at radius 3 is 1.24 bits per heavy atom. The van der Waals surface area contributed by atoms with E-state index in [1.807, 2.05) is 18.2 Å². The fraction of sp³-hybridized carbons (Fsp3) is 0.429. The summed E-state index contributed by atoms with van der Waals surface area (Å²) in [4.78, 5) is 36.4. The maximum atomic E-state index is 9.10. The van der Waals surface area contributed by atoms with Gasteiger partial charge in [-0.05, 0) is 0 Å². The molecule has 2 aliphatic rings. The van der Waals surface area contributed by atoms with Gasteiger partial charge in [-0.15, -0.1) is 25.7 Å². The molecule has 0 unspecified atom stereocenters. The van der Waals surface area contributed by atoms with Crippen LogP contribution in [0.1, 0.15) is 19.3 Å². The summed E-state index contributed by atoms with van der Waals surface area (Å²) in [5.41, 5.74) is 0. The van der Waals surface area contributed by atoms with Crippen LogP contribution in [0.25, 0.3) is 10.6 Å². The molecule has 11 heteroatoms. The zero-order valence-corrected chi connectivity index (χ0v) is 14.6. The Balaban J connectivity index is -0.000000255. The smallest absolute Gasteiger partial charge is 0.687 e. The fourth-order valence-electron chi connectivity index (χ4n) is 1.11. The maximum Gasteiger partial charge on any atom is 2.00 e. The average molecular weight is 396 g/mol. The molecule has 0 saturated carbocycles. The van der Waals surface area contributed by atoms with Crippen molar-refractivity contribution >= 4 is 23.9 Å². The zero-order valence-electron chi connectivity index (χ0n) is 13.3. The van der Waals surface area contributed by atoms with Crippen molar-refractivity contribution in [1.82, 2.24) is 0 Å². The van der Waals surface area contributed by atoms with Crippen LogP contribution in [-0.4, -0.2) is 63.9 Å². The van der Waals surface area contributed by atoms with Crippen LogP contribution >= 0.6 is 0 Å². The van der Waals surface area contributed by atoms with Gasteiger partial charge in [0.25, 0.3) is 0 Å². The van der Waals surface area contributed by atoms with E-state index < -0.39 is 23.9 Å². The Labute approximate surface area is 155 Å². The molecule has 0 bridgehead atoms. The quantitative estimate of drug-likeness (QED) is 0.442. The number of piperidine rings is 1. The Bertz CT molecular complexity index is 390. The Morgan fingerprint density at radius 1 is 0.720 bits per heavy atom. The number of carboxylic acids is 4. The Kier molecular flexibility index (Phi) is 21.7. The third-order valence-corrected chi connectivity index (χ3v) is 2.15. The molecule has 0 aromatic carbocycles. The molecule has 0 aliphatic carbocycles. The van der Waals surface area contributed by atoms with Crippen molar-refractivity contribution in [2.75, 3.05) is 19.6 Å². The minimum absolute atomic E-state index is 0. The summed E-state index contributed by atoms with van der Waals surface area (Å²) in [5.74, 6) is -7.30. The maximum absolute atomic E-state index is 9.10. The van der Waals surface area contributed by atoms with Gasteiger partial charge in [0.1, 0.15) is 0 Å². The van der Waals surface area contributed by atoms with E-state index in [1.165, 1.54) is 19.3 Å². The average Bonchev–Trinajstić information content (AvgIpc) is 2.59. The van der Waals surface area contributed by atoms with Crippen LogP contribution in [0.5, 0.6) is 0 Å². The van der Waals surface area contributed by atoms with Gasteiger partial charge in [0.15, 0.2) is 0 Å². The largest absolute Gasteiger partial charge is 2.00 e. The van der Waals surface area contributed by atoms with Gasteiger partial charge in [-0.3, -0.25) is 0 Å². The first-order chi connectivity index (χ1) is 11.3.